The summed E-state index contributed by atoms with van der Waals surface area (Å²) in [5.41, 5.74) is 1.52. The van der Waals surface area contributed by atoms with E-state index in [0.29, 0.717) is 17.1 Å². The molecule has 2 aromatic rings. The first kappa shape index (κ1) is 19.0. The zero-order valence-electron chi connectivity index (χ0n) is 13.5. The third-order valence-electron chi connectivity index (χ3n) is 3.15. The Hall–Kier alpha value is -2.35. The topological polar surface area (TPSA) is 49.3 Å². The van der Waals surface area contributed by atoms with Gasteiger partial charge in [0.1, 0.15) is 12.4 Å². The molecule has 0 amide bonds. The highest BCUT2D eigenvalue weighted by Gasteiger charge is 2.09. The number of halogens is 3. The fraction of sp³-hybridized carbons (Fsp3) is 0.235. The van der Waals surface area contributed by atoms with Crippen molar-refractivity contribution in [3.8, 4) is 17.2 Å². The number of hydrogen-bond acceptors (Lipinski definition) is 5. The Morgan fingerprint density at radius 2 is 1.72 bits per heavy atom. The fourth-order valence-electron chi connectivity index (χ4n) is 1.95. The summed E-state index contributed by atoms with van der Waals surface area (Å²) >= 11 is 3.43. The van der Waals surface area contributed by atoms with Crippen molar-refractivity contribution in [2.24, 2.45) is 5.16 Å². The van der Waals surface area contributed by atoms with Crippen LogP contribution in [0.5, 0.6) is 17.2 Å². The Morgan fingerprint density at radius 1 is 1.08 bits per heavy atom. The van der Waals surface area contributed by atoms with Gasteiger partial charge in [0, 0.05) is 10.0 Å². The van der Waals surface area contributed by atoms with Crippen molar-refractivity contribution in [2.45, 2.75) is 13.2 Å². The maximum absolute atomic E-state index is 12.1. The molecule has 0 radical (unpaired) electrons. The predicted molar refractivity (Wildman–Crippen MR) is 92.7 cm³/mol. The summed E-state index contributed by atoms with van der Waals surface area (Å²) in [7, 11) is 3.11. The van der Waals surface area contributed by atoms with Crippen LogP contribution in [-0.2, 0) is 11.4 Å². The summed E-state index contributed by atoms with van der Waals surface area (Å²) in [6.45, 7) is -2.63. The smallest absolute Gasteiger partial charge is 0.387 e. The standard InChI is InChI=1S/C17H16BrF2NO4/c1-22-15-7-12(14(18)8-16(15)23-2)10-24-21-9-11-3-5-13(6-4-11)25-17(19)20/h3-9,17H,10H2,1-2H3/b21-9+. The molecule has 0 saturated carbocycles. The quantitative estimate of drug-likeness (QED) is 0.466. The van der Waals surface area contributed by atoms with E-state index in [9.17, 15) is 8.78 Å². The monoisotopic (exact) mass is 415 g/mol. The number of ether oxygens (including phenoxy) is 3. The van der Waals surface area contributed by atoms with Crippen LogP contribution >= 0.6 is 15.9 Å². The molecule has 0 fully saturated rings. The van der Waals surface area contributed by atoms with Gasteiger partial charge in [0.25, 0.3) is 0 Å². The second kappa shape index (κ2) is 9.22. The van der Waals surface area contributed by atoms with Gasteiger partial charge < -0.3 is 19.0 Å². The highest BCUT2D eigenvalue weighted by molar-refractivity contribution is 9.10. The molecule has 8 heteroatoms. The number of hydrogen-bond donors (Lipinski definition) is 0. The SMILES string of the molecule is COc1cc(Br)c(CO/N=C/c2ccc(OC(F)F)cc2)cc1OC. The number of rotatable bonds is 8. The summed E-state index contributed by atoms with van der Waals surface area (Å²) in [6.07, 6.45) is 1.47. The van der Waals surface area contributed by atoms with E-state index in [4.69, 9.17) is 14.3 Å². The molecular formula is C17H16BrF2NO4. The molecule has 0 heterocycles. The minimum atomic E-state index is -2.84. The Labute approximate surface area is 152 Å². The first-order valence-corrected chi connectivity index (χ1v) is 7.93. The number of nitrogens with zero attached hydrogens (tertiary/aromatic N) is 1. The van der Waals surface area contributed by atoms with Crippen molar-refractivity contribution < 1.29 is 27.8 Å². The lowest BCUT2D eigenvalue weighted by atomic mass is 10.2. The number of methoxy groups -OCH3 is 2. The van der Waals surface area contributed by atoms with E-state index in [1.807, 2.05) is 0 Å². The van der Waals surface area contributed by atoms with Crippen LogP contribution in [0.25, 0.3) is 0 Å². The van der Waals surface area contributed by atoms with E-state index in [-0.39, 0.29) is 12.4 Å². The lowest BCUT2D eigenvalue weighted by Crippen LogP contribution is -2.01. The van der Waals surface area contributed by atoms with Crippen molar-refractivity contribution in [1.82, 2.24) is 0 Å². The maximum atomic E-state index is 12.1. The molecule has 0 aliphatic carbocycles. The Balaban J connectivity index is 1.95. The summed E-state index contributed by atoms with van der Waals surface area (Å²) in [4.78, 5) is 5.26. The van der Waals surface area contributed by atoms with Crippen LogP contribution in [0.15, 0.2) is 46.0 Å². The van der Waals surface area contributed by atoms with Gasteiger partial charge in [0.2, 0.25) is 0 Å². The molecule has 0 aromatic heterocycles. The molecule has 0 bridgehead atoms. The van der Waals surface area contributed by atoms with Crippen LogP contribution in [0, 0.1) is 0 Å². The molecule has 0 N–H and O–H groups in total. The van der Waals surface area contributed by atoms with Gasteiger partial charge in [-0.15, -0.1) is 0 Å². The zero-order chi connectivity index (χ0) is 18.2. The van der Waals surface area contributed by atoms with Gasteiger partial charge in [-0.2, -0.15) is 8.78 Å². The van der Waals surface area contributed by atoms with Gasteiger partial charge in [0.15, 0.2) is 11.5 Å². The van der Waals surface area contributed by atoms with Crippen LogP contribution < -0.4 is 14.2 Å². The Kier molecular flexibility index (Phi) is 7.00. The normalized spacial score (nSPS) is 11.0. The molecule has 2 rings (SSSR count). The zero-order valence-corrected chi connectivity index (χ0v) is 15.1. The molecule has 2 aromatic carbocycles. The molecule has 5 nitrogen and oxygen atoms in total. The van der Waals surface area contributed by atoms with Gasteiger partial charge in [-0.05, 0) is 42.0 Å². The first-order valence-electron chi connectivity index (χ1n) is 7.14. The molecule has 25 heavy (non-hydrogen) atoms. The first-order chi connectivity index (χ1) is 12.0. The van der Waals surface area contributed by atoms with Crippen LogP contribution in [0.3, 0.4) is 0 Å². The maximum Gasteiger partial charge on any atom is 0.387 e. The molecule has 0 aliphatic heterocycles. The molecule has 0 spiro atoms. The molecular weight excluding hydrogens is 400 g/mol. The van der Waals surface area contributed by atoms with Crippen LogP contribution in [0.2, 0.25) is 0 Å². The van der Waals surface area contributed by atoms with Crippen LogP contribution in [-0.4, -0.2) is 27.0 Å². The molecule has 134 valence electrons. The van der Waals surface area contributed by atoms with Crippen LogP contribution in [0.4, 0.5) is 8.78 Å². The van der Waals surface area contributed by atoms with E-state index in [0.717, 1.165) is 10.0 Å². The average molecular weight is 416 g/mol. The van der Waals surface area contributed by atoms with E-state index in [1.54, 1.807) is 38.5 Å². The Morgan fingerprint density at radius 3 is 2.32 bits per heavy atom. The molecule has 0 atom stereocenters. The summed E-state index contributed by atoms with van der Waals surface area (Å²) in [6, 6.07) is 9.61. The van der Waals surface area contributed by atoms with Gasteiger partial charge in [-0.3, -0.25) is 0 Å². The number of benzene rings is 2. The fourth-order valence-corrected chi connectivity index (χ4v) is 2.38. The second-order valence-electron chi connectivity index (χ2n) is 4.75. The van der Waals surface area contributed by atoms with Crippen molar-refractivity contribution in [2.75, 3.05) is 14.2 Å². The number of alkyl halides is 2. The Bertz CT molecular complexity index is 723. The van der Waals surface area contributed by atoms with E-state index in [1.165, 1.54) is 18.3 Å². The minimum absolute atomic E-state index is 0.0855. The second-order valence-corrected chi connectivity index (χ2v) is 5.61. The van der Waals surface area contributed by atoms with Gasteiger partial charge >= 0.3 is 6.61 Å². The van der Waals surface area contributed by atoms with Crippen molar-refractivity contribution in [3.63, 3.8) is 0 Å². The van der Waals surface area contributed by atoms with Crippen molar-refractivity contribution in [1.29, 1.82) is 0 Å². The van der Waals surface area contributed by atoms with Gasteiger partial charge in [-0.1, -0.05) is 21.1 Å². The highest BCUT2D eigenvalue weighted by Crippen LogP contribution is 2.33. The molecule has 0 saturated heterocycles. The van der Waals surface area contributed by atoms with Gasteiger partial charge in [-0.25, -0.2) is 0 Å². The van der Waals surface area contributed by atoms with Crippen molar-refractivity contribution >= 4 is 22.1 Å². The van der Waals surface area contributed by atoms with E-state index < -0.39 is 6.61 Å². The third kappa shape index (κ3) is 5.60. The summed E-state index contributed by atoms with van der Waals surface area (Å²) < 4.78 is 39.7. The predicted octanol–water partition coefficient (Wildman–Crippen LogP) is 4.62. The summed E-state index contributed by atoms with van der Waals surface area (Å²) in [5, 5.41) is 3.86. The molecule has 0 unspecified atom stereocenters. The minimum Gasteiger partial charge on any atom is -0.493 e. The summed E-state index contributed by atoms with van der Waals surface area (Å²) in [5.74, 6) is 1.28. The largest absolute Gasteiger partial charge is 0.493 e. The van der Waals surface area contributed by atoms with Crippen LogP contribution in [0.1, 0.15) is 11.1 Å². The van der Waals surface area contributed by atoms with Gasteiger partial charge in [0.05, 0.1) is 20.4 Å². The van der Waals surface area contributed by atoms with E-state index >= 15 is 0 Å². The van der Waals surface area contributed by atoms with E-state index in [2.05, 4.69) is 25.8 Å². The lowest BCUT2D eigenvalue weighted by Gasteiger charge is -2.11. The number of oxime groups is 1. The highest BCUT2D eigenvalue weighted by atomic mass is 79.9. The lowest BCUT2D eigenvalue weighted by molar-refractivity contribution is -0.0498. The average Bonchev–Trinajstić information content (AvgIpc) is 2.60. The molecule has 0 aliphatic rings. The van der Waals surface area contributed by atoms with Crippen molar-refractivity contribution in [3.05, 3.63) is 52.0 Å². The third-order valence-corrected chi connectivity index (χ3v) is 3.89.